The van der Waals surface area contributed by atoms with Gasteiger partial charge in [0.05, 0.1) is 22.4 Å². The molecule has 0 radical (unpaired) electrons. The molecule has 126 valence electrons. The Morgan fingerprint density at radius 1 is 1.46 bits per heavy atom. The van der Waals surface area contributed by atoms with Gasteiger partial charge in [-0.05, 0) is 50.8 Å². The zero-order valence-electron chi connectivity index (χ0n) is 13.5. The van der Waals surface area contributed by atoms with Gasteiger partial charge in [0.15, 0.2) is 0 Å². The number of nitrogens with zero attached hydrogens (tertiary/aromatic N) is 3. The Bertz CT molecular complexity index is 773. The maximum absolute atomic E-state index is 13.1. The maximum atomic E-state index is 13.1. The number of rotatable bonds is 2. The lowest BCUT2D eigenvalue weighted by Crippen LogP contribution is -2.55. The number of urea groups is 1. The number of carbonyl (C=O) groups is 2. The van der Waals surface area contributed by atoms with Crippen molar-refractivity contribution >= 4 is 29.2 Å². The second-order valence-electron chi connectivity index (χ2n) is 6.18. The molecule has 0 aromatic heterocycles. The van der Waals surface area contributed by atoms with Crippen molar-refractivity contribution in [1.82, 2.24) is 4.90 Å². The lowest BCUT2D eigenvalue weighted by atomic mass is 9.93. The number of hydrogen-bond acceptors (Lipinski definition) is 4. The highest BCUT2D eigenvalue weighted by Crippen LogP contribution is 2.44. The number of halogens is 1. The van der Waals surface area contributed by atoms with Crippen molar-refractivity contribution in [3.8, 4) is 6.07 Å². The molecule has 7 heteroatoms. The van der Waals surface area contributed by atoms with Crippen LogP contribution < -0.4 is 4.90 Å². The molecule has 1 aromatic carbocycles. The Hall–Kier alpha value is -2.10. The Kier molecular flexibility index (Phi) is 4.02. The minimum Gasteiger partial charge on any atom is -0.390 e. The van der Waals surface area contributed by atoms with E-state index in [1.54, 1.807) is 19.9 Å². The van der Waals surface area contributed by atoms with Crippen LogP contribution in [-0.2, 0) is 4.79 Å². The normalized spacial score (nSPS) is 26.5. The van der Waals surface area contributed by atoms with Crippen LogP contribution in [0.1, 0.15) is 37.3 Å². The van der Waals surface area contributed by atoms with Crippen LogP contribution in [0.3, 0.4) is 0 Å². The number of hydrogen-bond donors (Lipinski definition) is 1. The van der Waals surface area contributed by atoms with Crippen LogP contribution in [0, 0.1) is 18.3 Å². The molecular weight excluding hydrogens is 330 g/mol. The van der Waals surface area contributed by atoms with E-state index in [1.165, 1.54) is 11.0 Å². The second-order valence-corrected chi connectivity index (χ2v) is 6.56. The Labute approximate surface area is 145 Å². The zero-order chi connectivity index (χ0) is 17.6. The summed E-state index contributed by atoms with van der Waals surface area (Å²) in [6, 6.07) is 4.59. The lowest BCUT2D eigenvalue weighted by Gasteiger charge is -2.33. The molecule has 1 spiro atoms. The highest BCUT2D eigenvalue weighted by Gasteiger charge is 2.62. The average Bonchev–Trinajstić information content (AvgIpc) is 3.03. The van der Waals surface area contributed by atoms with Gasteiger partial charge in [-0.1, -0.05) is 11.6 Å². The Morgan fingerprint density at radius 2 is 2.17 bits per heavy atom. The minimum absolute atomic E-state index is 0.228. The van der Waals surface area contributed by atoms with Gasteiger partial charge < -0.3 is 10.0 Å². The summed E-state index contributed by atoms with van der Waals surface area (Å²) in [5, 5.41) is 19.7. The van der Waals surface area contributed by atoms with Crippen molar-refractivity contribution in [3.63, 3.8) is 0 Å². The molecule has 24 heavy (non-hydrogen) atoms. The fraction of sp³-hybridized carbons (Fsp3) is 0.471. The predicted molar refractivity (Wildman–Crippen MR) is 88.8 cm³/mol. The molecule has 1 saturated carbocycles. The quantitative estimate of drug-likeness (QED) is 0.833. The summed E-state index contributed by atoms with van der Waals surface area (Å²) < 4.78 is 0. The molecule has 2 atom stereocenters. The van der Waals surface area contributed by atoms with Gasteiger partial charge in [-0.3, -0.25) is 4.79 Å². The van der Waals surface area contributed by atoms with E-state index in [1.807, 2.05) is 6.07 Å². The summed E-state index contributed by atoms with van der Waals surface area (Å²) in [4.78, 5) is 28.6. The first-order valence-electron chi connectivity index (χ1n) is 7.93. The Morgan fingerprint density at radius 3 is 2.71 bits per heavy atom. The number of likely N-dealkylation sites (N-methyl/N-ethyl adjacent to an activating group) is 1. The third-order valence-corrected chi connectivity index (χ3v) is 5.59. The molecule has 0 unspecified atom stereocenters. The van der Waals surface area contributed by atoms with Gasteiger partial charge in [-0.2, -0.15) is 5.26 Å². The first-order chi connectivity index (χ1) is 11.4. The number of nitriles is 1. The molecule has 2 fully saturated rings. The first-order valence-corrected chi connectivity index (χ1v) is 8.31. The predicted octanol–water partition coefficient (Wildman–Crippen LogP) is 2.59. The summed E-state index contributed by atoms with van der Waals surface area (Å²) in [6.45, 7) is 3.80. The van der Waals surface area contributed by atoms with Crippen molar-refractivity contribution in [2.45, 2.75) is 44.8 Å². The number of aliphatic hydroxyl groups is 1. The van der Waals surface area contributed by atoms with Crippen molar-refractivity contribution in [3.05, 3.63) is 28.3 Å². The van der Waals surface area contributed by atoms with E-state index >= 15 is 0 Å². The third kappa shape index (κ3) is 1.98. The van der Waals surface area contributed by atoms with Gasteiger partial charge in [0.1, 0.15) is 11.6 Å². The molecule has 1 heterocycles. The highest BCUT2D eigenvalue weighted by atomic mass is 35.5. The molecule has 1 saturated heterocycles. The summed E-state index contributed by atoms with van der Waals surface area (Å²) >= 11 is 6.19. The zero-order valence-corrected chi connectivity index (χ0v) is 14.3. The van der Waals surface area contributed by atoms with Gasteiger partial charge in [0.2, 0.25) is 0 Å². The lowest BCUT2D eigenvalue weighted by molar-refractivity contribution is -0.129. The molecule has 1 aromatic rings. The highest BCUT2D eigenvalue weighted by molar-refractivity contribution is 6.33. The third-order valence-electron chi connectivity index (χ3n) is 5.10. The molecule has 1 aliphatic carbocycles. The summed E-state index contributed by atoms with van der Waals surface area (Å²) in [7, 11) is 0. The second kappa shape index (κ2) is 5.76. The fourth-order valence-corrected chi connectivity index (χ4v) is 4.06. The first kappa shape index (κ1) is 16.7. The molecule has 2 aliphatic rings. The number of benzene rings is 1. The van der Waals surface area contributed by atoms with Crippen molar-refractivity contribution in [2.75, 3.05) is 11.4 Å². The van der Waals surface area contributed by atoms with Gasteiger partial charge in [-0.15, -0.1) is 0 Å². The van der Waals surface area contributed by atoms with E-state index in [2.05, 4.69) is 0 Å². The standard InChI is InChI=1S/C17H18ClN3O3/c1-3-20-16(24)21(15(23)17(20)8-4-5-13(17)22)12-7-6-11(9-19)14(18)10(12)2/h6-7,13,22H,3-5,8H2,1-2H3/t13-,17+/m0/s1. The number of imide groups is 1. The molecular formula is C17H18ClN3O3. The van der Waals surface area contributed by atoms with Crippen LogP contribution in [-0.4, -0.2) is 40.1 Å². The van der Waals surface area contributed by atoms with Crippen LogP contribution in [0.25, 0.3) is 0 Å². The fourth-order valence-electron chi connectivity index (χ4n) is 3.86. The summed E-state index contributed by atoms with van der Waals surface area (Å²) in [5.41, 5.74) is -0.0278. The summed E-state index contributed by atoms with van der Waals surface area (Å²) in [5.74, 6) is -0.414. The molecule has 3 amide bonds. The molecule has 1 N–H and O–H groups in total. The molecule has 6 nitrogen and oxygen atoms in total. The number of anilines is 1. The van der Waals surface area contributed by atoms with Gasteiger partial charge in [-0.25, -0.2) is 9.69 Å². The van der Waals surface area contributed by atoms with E-state index < -0.39 is 23.6 Å². The van der Waals surface area contributed by atoms with Crippen LogP contribution in [0.5, 0.6) is 0 Å². The van der Waals surface area contributed by atoms with Gasteiger partial charge in [0.25, 0.3) is 5.91 Å². The van der Waals surface area contributed by atoms with Crippen LogP contribution in [0.4, 0.5) is 10.5 Å². The van der Waals surface area contributed by atoms with E-state index in [9.17, 15) is 14.7 Å². The smallest absolute Gasteiger partial charge is 0.332 e. The summed E-state index contributed by atoms with van der Waals surface area (Å²) in [6.07, 6.45) is 0.772. The number of amides is 3. The van der Waals surface area contributed by atoms with E-state index in [0.29, 0.717) is 42.6 Å². The van der Waals surface area contributed by atoms with Crippen LogP contribution in [0.2, 0.25) is 5.02 Å². The van der Waals surface area contributed by atoms with Crippen molar-refractivity contribution in [1.29, 1.82) is 5.26 Å². The molecule has 1 aliphatic heterocycles. The monoisotopic (exact) mass is 347 g/mol. The van der Waals surface area contributed by atoms with Gasteiger partial charge >= 0.3 is 6.03 Å². The van der Waals surface area contributed by atoms with Crippen LogP contribution >= 0.6 is 11.6 Å². The van der Waals surface area contributed by atoms with E-state index in [0.717, 1.165) is 4.90 Å². The topological polar surface area (TPSA) is 84.6 Å². The Balaban J connectivity index is 2.14. The van der Waals surface area contributed by atoms with Crippen LogP contribution in [0.15, 0.2) is 12.1 Å². The van der Waals surface area contributed by atoms with Gasteiger partial charge in [0, 0.05) is 6.54 Å². The minimum atomic E-state index is -1.18. The SMILES string of the molecule is CCN1C(=O)N(c2ccc(C#N)c(Cl)c2C)C(=O)[C@]12CCC[C@@H]2O. The number of aliphatic hydroxyl groups excluding tert-OH is 1. The average molecular weight is 348 g/mol. The molecule has 0 bridgehead atoms. The van der Waals surface area contributed by atoms with Crippen molar-refractivity contribution < 1.29 is 14.7 Å². The maximum Gasteiger partial charge on any atom is 0.332 e. The van der Waals surface area contributed by atoms with E-state index in [-0.39, 0.29) is 5.02 Å². The van der Waals surface area contributed by atoms with E-state index in [4.69, 9.17) is 16.9 Å². The largest absolute Gasteiger partial charge is 0.390 e. The molecule has 3 rings (SSSR count). The number of carbonyl (C=O) groups excluding carboxylic acids is 2. The van der Waals surface area contributed by atoms with Crippen molar-refractivity contribution in [2.24, 2.45) is 0 Å².